The molecule has 1 aromatic carbocycles. The number of H-pyrrole nitrogens is 1. The number of hydrogen-bond acceptors (Lipinski definition) is 7. The third kappa shape index (κ3) is 4.79. The molecule has 166 valence electrons. The van der Waals surface area contributed by atoms with Crippen LogP contribution < -0.4 is 5.32 Å². The molecule has 0 unspecified atom stereocenters. The van der Waals surface area contributed by atoms with E-state index in [4.69, 9.17) is 0 Å². The molecule has 0 atom stereocenters. The Balaban J connectivity index is 1.63. The van der Waals surface area contributed by atoms with Crippen LogP contribution in [-0.4, -0.2) is 26.5 Å². The van der Waals surface area contributed by atoms with Gasteiger partial charge in [0, 0.05) is 29.9 Å². The first kappa shape index (κ1) is 21.9. The van der Waals surface area contributed by atoms with Gasteiger partial charge >= 0.3 is 6.18 Å². The Morgan fingerprint density at radius 3 is 2.64 bits per heavy atom. The topological polar surface area (TPSA) is 115 Å². The number of benzene rings is 1. The fourth-order valence-corrected chi connectivity index (χ4v) is 3.12. The molecule has 2 N–H and O–H groups in total. The van der Waals surface area contributed by atoms with E-state index in [0.717, 1.165) is 23.5 Å². The summed E-state index contributed by atoms with van der Waals surface area (Å²) in [6, 6.07) is 10.4. The number of nitrogens with zero attached hydrogens (tertiary/aromatic N) is 6. The Kier molecular flexibility index (Phi) is 5.99. The van der Waals surface area contributed by atoms with E-state index in [9.17, 15) is 18.4 Å². The van der Waals surface area contributed by atoms with Crippen LogP contribution >= 0.6 is 0 Å². The molecule has 0 saturated carbocycles. The van der Waals surface area contributed by atoms with Crippen molar-refractivity contribution < 1.29 is 13.2 Å². The van der Waals surface area contributed by atoms with E-state index in [1.165, 1.54) is 12.4 Å². The molecule has 0 spiro atoms. The van der Waals surface area contributed by atoms with Gasteiger partial charge in [0.1, 0.15) is 11.7 Å². The molecule has 3 aromatic heterocycles. The van der Waals surface area contributed by atoms with Crippen molar-refractivity contribution in [3.8, 4) is 17.3 Å². The molecule has 4 aromatic rings. The maximum atomic E-state index is 13.2. The van der Waals surface area contributed by atoms with Crippen LogP contribution in [0.5, 0.6) is 0 Å². The normalized spacial score (nSPS) is 11.7. The Hall–Kier alpha value is -4.33. The van der Waals surface area contributed by atoms with Crippen molar-refractivity contribution in [1.82, 2.24) is 19.9 Å². The quantitative estimate of drug-likeness (QED) is 0.370. The first-order valence-electron chi connectivity index (χ1n) is 9.91. The van der Waals surface area contributed by atoms with Gasteiger partial charge in [0.2, 0.25) is 5.95 Å². The Bertz CT molecular complexity index is 1350. The molecular formula is C22H17F3N8. The highest BCUT2D eigenvalue weighted by molar-refractivity contribution is 5.94. The van der Waals surface area contributed by atoms with Crippen LogP contribution in [0.15, 0.2) is 59.2 Å². The maximum absolute atomic E-state index is 13.2. The second kappa shape index (κ2) is 9.04. The molecule has 8 nitrogen and oxygen atoms in total. The van der Waals surface area contributed by atoms with Crippen molar-refractivity contribution >= 4 is 22.7 Å². The highest BCUT2D eigenvalue weighted by atomic mass is 19.4. The number of alkyl halides is 3. The second-order valence-electron chi connectivity index (χ2n) is 6.97. The third-order valence-corrected chi connectivity index (χ3v) is 4.74. The minimum absolute atomic E-state index is 0.129. The number of fused-ring (bicyclic) bond motifs is 1. The smallest absolute Gasteiger partial charge is 0.350 e. The Morgan fingerprint density at radius 1 is 1.15 bits per heavy atom. The number of aromatic nitrogens is 4. The van der Waals surface area contributed by atoms with Gasteiger partial charge in [-0.15, -0.1) is 0 Å². The molecule has 0 fully saturated rings. The number of halogens is 3. The van der Waals surface area contributed by atoms with Gasteiger partial charge in [0.15, 0.2) is 0 Å². The molecule has 3 heterocycles. The predicted octanol–water partition coefficient (Wildman–Crippen LogP) is 5.63. The van der Waals surface area contributed by atoms with Crippen LogP contribution in [0, 0.1) is 11.3 Å². The number of azo groups is 1. The summed E-state index contributed by atoms with van der Waals surface area (Å²) in [5, 5.41) is 20.8. The van der Waals surface area contributed by atoms with Crippen molar-refractivity contribution in [1.29, 1.82) is 5.26 Å². The number of anilines is 1. The molecule has 0 bridgehead atoms. The lowest BCUT2D eigenvalue weighted by molar-refractivity contribution is -0.137. The largest absolute Gasteiger partial charge is 0.417 e. The van der Waals surface area contributed by atoms with Gasteiger partial charge in [-0.2, -0.15) is 28.7 Å². The number of rotatable bonds is 6. The van der Waals surface area contributed by atoms with Gasteiger partial charge in [0.05, 0.1) is 35.2 Å². The van der Waals surface area contributed by atoms with Gasteiger partial charge in [0.25, 0.3) is 0 Å². The number of nitrogens with one attached hydrogen (secondary N) is 2. The Morgan fingerprint density at radius 2 is 1.94 bits per heavy atom. The van der Waals surface area contributed by atoms with Crippen LogP contribution in [0.25, 0.3) is 22.3 Å². The van der Waals surface area contributed by atoms with Gasteiger partial charge in [-0.3, -0.25) is 0 Å². The monoisotopic (exact) mass is 450 g/mol. The summed E-state index contributed by atoms with van der Waals surface area (Å²) in [5.41, 5.74) is 1.71. The zero-order chi connectivity index (χ0) is 23.4. The van der Waals surface area contributed by atoms with Crippen molar-refractivity contribution in [2.45, 2.75) is 19.6 Å². The molecule has 33 heavy (non-hydrogen) atoms. The fraction of sp³-hybridized carbons (Fsp3) is 0.182. The molecule has 0 aliphatic heterocycles. The lowest BCUT2D eigenvalue weighted by atomic mass is 10.1. The number of hydrogen-bond donors (Lipinski definition) is 2. The number of nitriles is 1. The van der Waals surface area contributed by atoms with E-state index in [0.29, 0.717) is 18.7 Å². The molecular weight excluding hydrogens is 433 g/mol. The first-order valence-corrected chi connectivity index (χ1v) is 9.91. The number of pyridine rings is 1. The summed E-state index contributed by atoms with van der Waals surface area (Å²) in [7, 11) is 0. The molecule has 4 rings (SSSR count). The molecule has 11 heteroatoms. The molecule has 0 aliphatic carbocycles. The summed E-state index contributed by atoms with van der Waals surface area (Å²) in [6.07, 6.45) is -0.970. The maximum Gasteiger partial charge on any atom is 0.417 e. The predicted molar refractivity (Wildman–Crippen MR) is 116 cm³/mol. The van der Waals surface area contributed by atoms with E-state index >= 15 is 0 Å². The Labute approximate surface area is 186 Å². The summed E-state index contributed by atoms with van der Waals surface area (Å²) < 4.78 is 39.5. The van der Waals surface area contributed by atoms with Crippen LogP contribution in [0.4, 0.5) is 24.8 Å². The fourth-order valence-electron chi connectivity index (χ4n) is 3.12. The third-order valence-electron chi connectivity index (χ3n) is 4.74. The van der Waals surface area contributed by atoms with E-state index in [1.54, 1.807) is 0 Å². The summed E-state index contributed by atoms with van der Waals surface area (Å²) >= 11 is 0. The van der Waals surface area contributed by atoms with Crippen molar-refractivity contribution in [2.75, 3.05) is 11.9 Å². The molecule has 0 aliphatic rings. The minimum Gasteiger partial charge on any atom is -0.350 e. The average Bonchev–Trinajstić information content (AvgIpc) is 3.24. The highest BCUT2D eigenvalue weighted by Crippen LogP contribution is 2.34. The van der Waals surface area contributed by atoms with Crippen LogP contribution in [-0.2, 0) is 12.7 Å². The summed E-state index contributed by atoms with van der Waals surface area (Å²) in [6.45, 7) is 2.89. The van der Waals surface area contributed by atoms with Crippen molar-refractivity contribution in [2.24, 2.45) is 10.2 Å². The first-order chi connectivity index (χ1) is 15.9. The summed E-state index contributed by atoms with van der Waals surface area (Å²) in [4.78, 5) is 15.2. The zero-order valence-electron chi connectivity index (χ0n) is 17.4. The van der Waals surface area contributed by atoms with Gasteiger partial charge in [-0.25, -0.2) is 15.0 Å². The highest BCUT2D eigenvalue weighted by Gasteiger charge is 2.31. The van der Waals surface area contributed by atoms with E-state index in [1.807, 2.05) is 37.3 Å². The molecule has 0 radical (unpaired) electrons. The van der Waals surface area contributed by atoms with Gasteiger partial charge in [-0.1, -0.05) is 12.1 Å². The SMILES string of the molecule is CCN=Nc1ccc(CNc2ncc(C#N)c(-c3c[nH]c4ncc(C(F)(F)F)cc34)n2)cc1. The lowest BCUT2D eigenvalue weighted by Gasteiger charge is -2.09. The van der Waals surface area contributed by atoms with E-state index < -0.39 is 11.7 Å². The van der Waals surface area contributed by atoms with Crippen molar-refractivity contribution in [3.05, 3.63) is 65.6 Å². The average molecular weight is 450 g/mol. The van der Waals surface area contributed by atoms with Crippen LogP contribution in [0.3, 0.4) is 0 Å². The van der Waals surface area contributed by atoms with Gasteiger partial charge in [-0.05, 0) is 30.7 Å². The lowest BCUT2D eigenvalue weighted by Crippen LogP contribution is -2.06. The van der Waals surface area contributed by atoms with Crippen LogP contribution in [0.1, 0.15) is 23.6 Å². The molecule has 0 saturated heterocycles. The minimum atomic E-state index is -4.54. The van der Waals surface area contributed by atoms with E-state index in [2.05, 4.69) is 35.5 Å². The standard InChI is InChI=1S/C22H17F3N8/c1-2-31-33-16-5-3-13(4-6-16)9-29-21-30-10-14(8-26)19(32-21)18-12-28-20-17(18)7-15(11-27-20)22(23,24)25/h3-7,10-12H,2,9H2,1H3,(H,27,28)(H,29,30,32). The molecule has 0 amide bonds. The second-order valence-corrected chi connectivity index (χ2v) is 6.97. The van der Waals surface area contributed by atoms with Gasteiger partial charge < -0.3 is 10.3 Å². The van der Waals surface area contributed by atoms with E-state index in [-0.39, 0.29) is 28.2 Å². The van der Waals surface area contributed by atoms with Crippen LogP contribution in [0.2, 0.25) is 0 Å². The summed E-state index contributed by atoms with van der Waals surface area (Å²) in [5.74, 6) is 0.230. The van der Waals surface area contributed by atoms with Crippen molar-refractivity contribution in [3.63, 3.8) is 0 Å². The zero-order valence-corrected chi connectivity index (χ0v) is 17.4. The number of aromatic amines is 1.